The van der Waals surface area contributed by atoms with E-state index in [-0.39, 0.29) is 24.0 Å². The van der Waals surface area contributed by atoms with Crippen LogP contribution in [0.1, 0.15) is 18.9 Å². The van der Waals surface area contributed by atoms with Crippen LogP contribution in [0.2, 0.25) is 0 Å². The van der Waals surface area contributed by atoms with Crippen molar-refractivity contribution in [1.29, 1.82) is 0 Å². The Bertz CT molecular complexity index is 650. The van der Waals surface area contributed by atoms with Gasteiger partial charge in [0.25, 0.3) is 0 Å². The molecule has 0 aliphatic carbocycles. The molecule has 1 rings (SSSR count). The molecular weight excluding hydrogens is 467 g/mol. The van der Waals surface area contributed by atoms with E-state index < -0.39 is 10.0 Å². The molecule has 0 saturated carbocycles. The third kappa shape index (κ3) is 8.54. The molecule has 26 heavy (non-hydrogen) atoms. The number of hydrogen-bond donors (Lipinski definition) is 1. The van der Waals surface area contributed by atoms with Crippen LogP contribution in [-0.2, 0) is 16.6 Å². The van der Waals surface area contributed by atoms with E-state index in [0.29, 0.717) is 26.2 Å². The first kappa shape index (κ1) is 24.9. The first-order valence-corrected chi connectivity index (χ1v) is 10.2. The van der Waals surface area contributed by atoms with Gasteiger partial charge in [0, 0.05) is 40.3 Å². The summed E-state index contributed by atoms with van der Waals surface area (Å²) in [6.45, 7) is 4.21. The highest BCUT2D eigenvalue weighted by Crippen LogP contribution is 2.12. The highest BCUT2D eigenvalue weighted by molar-refractivity contribution is 14.0. The van der Waals surface area contributed by atoms with Gasteiger partial charge in [-0.1, -0.05) is 19.1 Å². The lowest BCUT2D eigenvalue weighted by atomic mass is 10.2. The summed E-state index contributed by atoms with van der Waals surface area (Å²) in [7, 11) is 2.22. The number of halogens is 1. The Morgan fingerprint density at radius 1 is 1.27 bits per heavy atom. The first-order valence-electron chi connectivity index (χ1n) is 8.31. The van der Waals surface area contributed by atoms with E-state index in [2.05, 4.69) is 10.3 Å². The van der Waals surface area contributed by atoms with Crippen LogP contribution < -0.4 is 10.1 Å². The number of nitrogens with one attached hydrogen (secondary N) is 1. The highest BCUT2D eigenvalue weighted by Gasteiger charge is 2.13. The van der Waals surface area contributed by atoms with E-state index >= 15 is 0 Å². The molecule has 0 heterocycles. The molecule has 0 aliphatic heterocycles. The molecule has 9 heteroatoms. The molecule has 0 amide bonds. The Morgan fingerprint density at radius 3 is 2.35 bits per heavy atom. The molecule has 0 aromatic heterocycles. The zero-order chi connectivity index (χ0) is 18.9. The van der Waals surface area contributed by atoms with Gasteiger partial charge in [-0.15, -0.1) is 24.0 Å². The molecule has 0 aliphatic rings. The second kappa shape index (κ2) is 12.3. The van der Waals surface area contributed by atoms with Crippen LogP contribution in [0.5, 0.6) is 5.75 Å². The van der Waals surface area contributed by atoms with Crippen LogP contribution in [0, 0.1) is 0 Å². The van der Waals surface area contributed by atoms with E-state index in [0.717, 1.165) is 23.7 Å². The summed E-state index contributed by atoms with van der Waals surface area (Å²) in [6, 6.07) is 7.91. The molecule has 150 valence electrons. The van der Waals surface area contributed by atoms with Gasteiger partial charge >= 0.3 is 0 Å². The van der Waals surface area contributed by atoms with Crippen molar-refractivity contribution in [2.45, 2.75) is 19.9 Å². The standard InChI is InChI=1S/C17H30N4O3S.HI/c1-6-21(25(5,22)23)13-7-12-19-17(18-2)20(3)14-15-8-10-16(24-4)11-9-15;/h8-11H,6-7,12-14H2,1-5H3,(H,18,19);1H. The van der Waals surface area contributed by atoms with Crippen LogP contribution >= 0.6 is 24.0 Å². The second-order valence-electron chi connectivity index (χ2n) is 5.79. The maximum absolute atomic E-state index is 11.6. The zero-order valence-electron chi connectivity index (χ0n) is 16.2. The Morgan fingerprint density at radius 2 is 1.88 bits per heavy atom. The molecular formula is C17H31IN4O3S. The number of sulfonamides is 1. The molecule has 0 spiro atoms. The van der Waals surface area contributed by atoms with Crippen LogP contribution in [-0.4, -0.2) is 70.7 Å². The highest BCUT2D eigenvalue weighted by atomic mass is 127. The van der Waals surface area contributed by atoms with Crippen LogP contribution in [0.4, 0.5) is 0 Å². The predicted molar refractivity (Wildman–Crippen MR) is 118 cm³/mol. The second-order valence-corrected chi connectivity index (χ2v) is 7.77. The number of benzene rings is 1. The van der Waals surface area contributed by atoms with Gasteiger partial charge in [-0.25, -0.2) is 12.7 Å². The Labute approximate surface area is 174 Å². The van der Waals surface area contributed by atoms with Gasteiger partial charge in [0.1, 0.15) is 5.75 Å². The fourth-order valence-electron chi connectivity index (χ4n) is 2.48. The number of hydrogen-bond acceptors (Lipinski definition) is 4. The van der Waals surface area contributed by atoms with Crippen molar-refractivity contribution in [3.63, 3.8) is 0 Å². The summed E-state index contributed by atoms with van der Waals surface area (Å²) in [5.74, 6) is 1.61. The van der Waals surface area contributed by atoms with Gasteiger partial charge in [-0.2, -0.15) is 0 Å². The van der Waals surface area contributed by atoms with E-state index in [9.17, 15) is 8.42 Å². The van der Waals surface area contributed by atoms with Gasteiger partial charge in [0.15, 0.2) is 5.96 Å². The van der Waals surface area contributed by atoms with Gasteiger partial charge in [-0.05, 0) is 24.1 Å². The fourth-order valence-corrected chi connectivity index (χ4v) is 3.41. The van der Waals surface area contributed by atoms with Gasteiger partial charge in [0.05, 0.1) is 13.4 Å². The van der Waals surface area contributed by atoms with Crippen molar-refractivity contribution >= 4 is 40.0 Å². The molecule has 1 aromatic carbocycles. The lowest BCUT2D eigenvalue weighted by molar-refractivity contribution is 0.413. The molecule has 1 aromatic rings. The van der Waals surface area contributed by atoms with Gasteiger partial charge < -0.3 is 15.0 Å². The lowest BCUT2D eigenvalue weighted by Crippen LogP contribution is -2.40. The van der Waals surface area contributed by atoms with Crippen LogP contribution in [0.15, 0.2) is 29.3 Å². The number of aliphatic imine (C=N–C) groups is 1. The summed E-state index contributed by atoms with van der Waals surface area (Å²) in [5, 5.41) is 3.27. The van der Waals surface area contributed by atoms with Crippen molar-refractivity contribution in [3.05, 3.63) is 29.8 Å². The minimum atomic E-state index is -3.13. The van der Waals surface area contributed by atoms with Gasteiger partial charge in [-0.3, -0.25) is 4.99 Å². The molecule has 0 bridgehead atoms. The molecule has 0 radical (unpaired) electrons. The number of methoxy groups -OCH3 is 1. The van der Waals surface area contributed by atoms with Crippen molar-refractivity contribution < 1.29 is 13.2 Å². The van der Waals surface area contributed by atoms with E-state index in [1.165, 1.54) is 10.6 Å². The summed E-state index contributed by atoms with van der Waals surface area (Å²) in [4.78, 5) is 6.30. The average molecular weight is 498 g/mol. The third-order valence-corrected chi connectivity index (χ3v) is 5.22. The van der Waals surface area contributed by atoms with Crippen molar-refractivity contribution in [3.8, 4) is 5.75 Å². The van der Waals surface area contributed by atoms with Crippen molar-refractivity contribution in [2.24, 2.45) is 4.99 Å². The molecule has 0 saturated heterocycles. The maximum atomic E-state index is 11.6. The minimum Gasteiger partial charge on any atom is -0.497 e. The smallest absolute Gasteiger partial charge is 0.211 e. The summed E-state index contributed by atoms with van der Waals surface area (Å²) < 4.78 is 29.8. The Kier molecular flexibility index (Phi) is 11.8. The number of rotatable bonds is 9. The minimum absolute atomic E-state index is 0. The lowest BCUT2D eigenvalue weighted by Gasteiger charge is -2.23. The van der Waals surface area contributed by atoms with Crippen LogP contribution in [0.3, 0.4) is 0 Å². The molecule has 0 unspecified atom stereocenters. The fraction of sp³-hybridized carbons (Fsp3) is 0.588. The van der Waals surface area contributed by atoms with Crippen molar-refractivity contribution in [1.82, 2.24) is 14.5 Å². The Balaban J connectivity index is 0.00000625. The summed E-state index contributed by atoms with van der Waals surface area (Å²) >= 11 is 0. The number of guanidine groups is 1. The van der Waals surface area contributed by atoms with E-state index in [4.69, 9.17) is 4.74 Å². The first-order chi connectivity index (χ1) is 11.8. The maximum Gasteiger partial charge on any atom is 0.211 e. The Hall–Kier alpha value is -1.07. The molecule has 0 fully saturated rings. The largest absolute Gasteiger partial charge is 0.497 e. The third-order valence-electron chi connectivity index (χ3n) is 3.84. The number of nitrogens with zero attached hydrogens (tertiary/aromatic N) is 3. The van der Waals surface area contributed by atoms with Gasteiger partial charge in [0.2, 0.25) is 10.0 Å². The normalized spacial score (nSPS) is 11.8. The summed E-state index contributed by atoms with van der Waals surface area (Å²) in [6.07, 6.45) is 1.96. The zero-order valence-corrected chi connectivity index (χ0v) is 19.4. The predicted octanol–water partition coefficient (Wildman–Crippen LogP) is 1.99. The quantitative estimate of drug-likeness (QED) is 0.244. The molecule has 7 nitrogen and oxygen atoms in total. The molecule has 0 atom stereocenters. The van der Waals surface area contributed by atoms with E-state index in [1.807, 2.05) is 43.1 Å². The average Bonchev–Trinajstić information content (AvgIpc) is 2.57. The topological polar surface area (TPSA) is 74.2 Å². The SMILES string of the molecule is CCN(CCCNC(=NC)N(C)Cc1ccc(OC)cc1)S(C)(=O)=O.I. The molecule has 1 N–H and O–H groups in total. The number of ether oxygens (including phenoxy) is 1. The van der Waals surface area contributed by atoms with Crippen LogP contribution in [0.25, 0.3) is 0 Å². The van der Waals surface area contributed by atoms with Crippen molar-refractivity contribution in [2.75, 3.05) is 47.1 Å². The van der Waals surface area contributed by atoms with E-state index in [1.54, 1.807) is 14.2 Å². The summed E-state index contributed by atoms with van der Waals surface area (Å²) in [5.41, 5.74) is 1.15. The monoisotopic (exact) mass is 498 g/mol.